The molecule has 0 radical (unpaired) electrons. The van der Waals surface area contributed by atoms with Crippen molar-refractivity contribution in [2.45, 2.75) is 13.3 Å². The van der Waals surface area contributed by atoms with Gasteiger partial charge in [-0.3, -0.25) is 14.9 Å². The predicted octanol–water partition coefficient (Wildman–Crippen LogP) is 4.16. The van der Waals surface area contributed by atoms with E-state index in [1.54, 1.807) is 43.3 Å². The van der Waals surface area contributed by atoms with Crippen molar-refractivity contribution in [3.63, 3.8) is 0 Å². The number of imide groups is 1. The van der Waals surface area contributed by atoms with E-state index in [0.29, 0.717) is 40.8 Å². The van der Waals surface area contributed by atoms with Gasteiger partial charge in [-0.1, -0.05) is 30.4 Å². The first-order valence-electron chi connectivity index (χ1n) is 10.7. The van der Waals surface area contributed by atoms with Crippen LogP contribution in [0.3, 0.4) is 0 Å². The first-order chi connectivity index (χ1) is 16.5. The van der Waals surface area contributed by atoms with Gasteiger partial charge in [-0.15, -0.1) is 0 Å². The van der Waals surface area contributed by atoms with Crippen molar-refractivity contribution in [3.8, 4) is 17.2 Å². The molecule has 9 heteroatoms. The van der Waals surface area contributed by atoms with Crippen LogP contribution in [0.15, 0.2) is 72.4 Å². The van der Waals surface area contributed by atoms with Gasteiger partial charge in [-0.25, -0.2) is 4.79 Å². The Labute approximate surface area is 196 Å². The van der Waals surface area contributed by atoms with Gasteiger partial charge in [0.25, 0.3) is 11.8 Å². The third kappa shape index (κ3) is 5.44. The number of anilines is 2. The van der Waals surface area contributed by atoms with Gasteiger partial charge < -0.3 is 24.8 Å². The summed E-state index contributed by atoms with van der Waals surface area (Å²) in [5.74, 6) is 0.247. The van der Waals surface area contributed by atoms with Crippen molar-refractivity contribution >= 4 is 29.2 Å². The molecule has 0 saturated heterocycles. The van der Waals surface area contributed by atoms with E-state index in [0.717, 1.165) is 6.42 Å². The molecule has 174 valence electrons. The molecule has 0 aromatic heterocycles. The van der Waals surface area contributed by atoms with Gasteiger partial charge in [0, 0.05) is 22.5 Å². The topological polar surface area (TPSA) is 115 Å². The van der Waals surface area contributed by atoms with Crippen LogP contribution in [-0.2, 0) is 4.79 Å². The lowest BCUT2D eigenvalue weighted by Gasteiger charge is -2.11. The van der Waals surface area contributed by atoms with Gasteiger partial charge in [0.2, 0.25) is 12.5 Å². The number of benzene rings is 2. The van der Waals surface area contributed by atoms with E-state index in [4.69, 9.17) is 14.2 Å². The van der Waals surface area contributed by atoms with Crippen LogP contribution in [0.2, 0.25) is 0 Å². The fourth-order valence-electron chi connectivity index (χ4n) is 3.32. The molecule has 2 aliphatic rings. The minimum atomic E-state index is -0.733. The molecule has 2 aromatic rings. The van der Waals surface area contributed by atoms with E-state index in [9.17, 15) is 14.4 Å². The summed E-state index contributed by atoms with van der Waals surface area (Å²) >= 11 is 0. The number of fused-ring (bicyclic) bond motifs is 1. The van der Waals surface area contributed by atoms with E-state index in [1.165, 1.54) is 12.1 Å². The van der Waals surface area contributed by atoms with Crippen LogP contribution in [0.1, 0.15) is 23.7 Å². The molecule has 0 bridgehead atoms. The van der Waals surface area contributed by atoms with Crippen LogP contribution in [-0.4, -0.2) is 31.2 Å². The van der Waals surface area contributed by atoms with E-state index in [2.05, 4.69) is 16.0 Å². The highest BCUT2D eigenvalue weighted by Gasteiger charge is 2.23. The average Bonchev–Trinajstić information content (AvgIpc) is 3.12. The van der Waals surface area contributed by atoms with Crippen LogP contribution in [0.5, 0.6) is 17.2 Å². The number of urea groups is 1. The SMILES string of the molecule is CCOc1cc(C(=O)NC(=O)Nc2cccc(NC(=O)C3=CC=CCC=C3)c2)cc2c1OCO2. The summed E-state index contributed by atoms with van der Waals surface area (Å²) in [5.41, 5.74) is 1.59. The summed E-state index contributed by atoms with van der Waals surface area (Å²) < 4.78 is 16.2. The molecule has 2 aromatic carbocycles. The molecule has 1 aliphatic heterocycles. The third-order valence-corrected chi connectivity index (χ3v) is 4.85. The van der Waals surface area contributed by atoms with Crippen molar-refractivity contribution in [2.75, 3.05) is 24.0 Å². The molecule has 4 amide bonds. The Hall–Kier alpha value is -4.53. The summed E-state index contributed by atoms with van der Waals surface area (Å²) in [6.07, 6.45) is 9.91. The lowest BCUT2D eigenvalue weighted by atomic mass is 10.1. The quantitative estimate of drug-likeness (QED) is 0.595. The Kier molecular flexibility index (Phi) is 6.92. The monoisotopic (exact) mass is 461 g/mol. The van der Waals surface area contributed by atoms with Crippen LogP contribution < -0.4 is 30.2 Å². The standard InChI is InChI=1S/C25H23N3O6/c1-2-32-20-12-17(13-21-22(20)34-15-33-21)24(30)28-25(31)27-19-11-7-10-18(14-19)26-23(29)16-8-5-3-4-6-9-16/h3,5-14H,2,4,15H2,1H3,(H,26,29)(H2,27,28,30,31). The first kappa shape index (κ1) is 22.7. The number of hydrogen-bond acceptors (Lipinski definition) is 6. The maximum atomic E-state index is 12.6. The normalized spacial score (nSPS) is 13.5. The fourth-order valence-corrected chi connectivity index (χ4v) is 3.32. The molecule has 3 N–H and O–H groups in total. The lowest BCUT2D eigenvalue weighted by Crippen LogP contribution is -2.34. The second kappa shape index (κ2) is 10.4. The highest BCUT2D eigenvalue weighted by atomic mass is 16.7. The summed E-state index contributed by atoms with van der Waals surface area (Å²) in [6, 6.07) is 8.84. The predicted molar refractivity (Wildman–Crippen MR) is 126 cm³/mol. The van der Waals surface area contributed by atoms with Gasteiger partial charge >= 0.3 is 6.03 Å². The molecular formula is C25H23N3O6. The Morgan fingerprint density at radius 3 is 2.65 bits per heavy atom. The zero-order valence-corrected chi connectivity index (χ0v) is 18.4. The summed E-state index contributed by atoms with van der Waals surface area (Å²) in [4.78, 5) is 37.5. The van der Waals surface area contributed by atoms with E-state index in [1.807, 2.05) is 18.2 Å². The van der Waals surface area contributed by atoms with Crippen LogP contribution in [0.4, 0.5) is 16.2 Å². The number of amides is 4. The minimum absolute atomic E-state index is 0.0259. The van der Waals surface area contributed by atoms with Crippen molar-refractivity contribution in [2.24, 2.45) is 0 Å². The zero-order chi connectivity index (χ0) is 23.9. The summed E-state index contributed by atoms with van der Waals surface area (Å²) in [7, 11) is 0. The molecule has 34 heavy (non-hydrogen) atoms. The number of hydrogen-bond donors (Lipinski definition) is 3. The van der Waals surface area contributed by atoms with Crippen molar-refractivity contribution < 1.29 is 28.6 Å². The van der Waals surface area contributed by atoms with Crippen LogP contribution >= 0.6 is 0 Å². The van der Waals surface area contributed by atoms with Gasteiger partial charge in [0.1, 0.15) is 0 Å². The Bertz CT molecular complexity index is 1220. The molecular weight excluding hydrogens is 438 g/mol. The number of rotatable bonds is 6. The number of carbonyl (C=O) groups is 3. The molecule has 0 fully saturated rings. The van der Waals surface area contributed by atoms with Gasteiger partial charge in [0.05, 0.1) is 6.61 Å². The van der Waals surface area contributed by atoms with E-state index >= 15 is 0 Å². The molecule has 1 heterocycles. The second-order valence-corrected chi connectivity index (χ2v) is 7.27. The van der Waals surface area contributed by atoms with Crippen LogP contribution in [0.25, 0.3) is 0 Å². The zero-order valence-electron chi connectivity index (χ0n) is 18.4. The fraction of sp³-hybridized carbons (Fsp3) is 0.160. The number of allylic oxidation sites excluding steroid dienone is 4. The van der Waals surface area contributed by atoms with Gasteiger partial charge in [0.15, 0.2) is 11.5 Å². The number of ether oxygens (including phenoxy) is 3. The van der Waals surface area contributed by atoms with Crippen molar-refractivity contribution in [3.05, 3.63) is 77.9 Å². The van der Waals surface area contributed by atoms with Crippen molar-refractivity contribution in [1.29, 1.82) is 0 Å². The van der Waals surface area contributed by atoms with Gasteiger partial charge in [-0.05, 0) is 49.8 Å². The maximum Gasteiger partial charge on any atom is 0.326 e. The molecule has 1 aliphatic carbocycles. The second-order valence-electron chi connectivity index (χ2n) is 7.27. The molecule has 0 saturated carbocycles. The highest BCUT2D eigenvalue weighted by molar-refractivity contribution is 6.09. The first-order valence-corrected chi connectivity index (χ1v) is 10.7. The maximum absolute atomic E-state index is 12.6. The molecule has 9 nitrogen and oxygen atoms in total. The molecule has 4 rings (SSSR count). The lowest BCUT2D eigenvalue weighted by molar-refractivity contribution is -0.112. The van der Waals surface area contributed by atoms with Crippen LogP contribution in [0, 0.1) is 0 Å². The Balaban J connectivity index is 1.39. The van der Waals surface area contributed by atoms with E-state index < -0.39 is 11.9 Å². The average molecular weight is 461 g/mol. The Morgan fingerprint density at radius 2 is 1.82 bits per heavy atom. The third-order valence-electron chi connectivity index (χ3n) is 4.85. The smallest absolute Gasteiger partial charge is 0.326 e. The molecule has 0 atom stereocenters. The molecule has 0 unspecified atom stereocenters. The van der Waals surface area contributed by atoms with E-state index in [-0.39, 0.29) is 18.3 Å². The van der Waals surface area contributed by atoms with Gasteiger partial charge in [-0.2, -0.15) is 0 Å². The minimum Gasteiger partial charge on any atom is -0.490 e. The highest BCUT2D eigenvalue weighted by Crippen LogP contribution is 2.42. The Morgan fingerprint density at radius 1 is 1.00 bits per heavy atom. The largest absolute Gasteiger partial charge is 0.490 e. The molecule has 0 spiro atoms. The number of carbonyl (C=O) groups excluding carboxylic acids is 3. The summed E-state index contributed by atoms with van der Waals surface area (Å²) in [6.45, 7) is 2.21. The van der Waals surface area contributed by atoms with Crippen molar-refractivity contribution in [1.82, 2.24) is 5.32 Å². The number of nitrogens with one attached hydrogen (secondary N) is 3. The summed E-state index contributed by atoms with van der Waals surface area (Å²) in [5, 5.41) is 7.65.